The summed E-state index contributed by atoms with van der Waals surface area (Å²) in [6, 6.07) is 3.58. The zero-order valence-electron chi connectivity index (χ0n) is 12.0. The highest BCUT2D eigenvalue weighted by Crippen LogP contribution is 2.31. The number of aromatic nitrogens is 2. The number of nitrogens with zero attached hydrogens (tertiary/aromatic N) is 1. The minimum absolute atomic E-state index is 0.377. The summed E-state index contributed by atoms with van der Waals surface area (Å²) < 4.78 is 46.0. The molecule has 0 atom stereocenters. The Morgan fingerprint density at radius 1 is 1.29 bits per heavy atom. The lowest BCUT2D eigenvalue weighted by Gasteiger charge is -2.25. The largest absolute Gasteiger partial charge is 0.416 e. The van der Waals surface area contributed by atoms with Crippen LogP contribution in [0.3, 0.4) is 0 Å². The van der Waals surface area contributed by atoms with Crippen molar-refractivity contribution in [2.75, 3.05) is 6.61 Å². The Labute approximate surface area is 125 Å². The Morgan fingerprint density at radius 3 is 2.52 bits per heavy atom. The first-order valence-electron chi connectivity index (χ1n) is 6.58. The second-order valence-electron chi connectivity index (χ2n) is 5.44. The van der Waals surface area contributed by atoms with Crippen LogP contribution in [0, 0.1) is 4.77 Å². The molecule has 2 aromatic rings. The first-order chi connectivity index (χ1) is 9.64. The van der Waals surface area contributed by atoms with E-state index in [1.165, 1.54) is 6.07 Å². The third-order valence-corrected chi connectivity index (χ3v) is 3.50. The molecule has 1 aromatic carbocycles. The molecule has 0 aliphatic heterocycles. The molecule has 116 valence electrons. The molecule has 0 aliphatic rings. The SMILES string of the molecule is CCOC(C)(C)Cn1c(=S)[nH]c2cc(C(F)(F)F)ccc21. The van der Waals surface area contributed by atoms with Gasteiger partial charge in [0.25, 0.3) is 0 Å². The molecule has 7 heteroatoms. The number of nitrogens with one attached hydrogen (secondary N) is 1. The Bertz CT molecular complexity index is 700. The summed E-state index contributed by atoms with van der Waals surface area (Å²) >= 11 is 5.21. The van der Waals surface area contributed by atoms with Gasteiger partial charge in [0.05, 0.1) is 28.7 Å². The van der Waals surface area contributed by atoms with Crippen molar-refractivity contribution >= 4 is 23.3 Å². The summed E-state index contributed by atoms with van der Waals surface area (Å²) in [6.45, 7) is 6.75. The van der Waals surface area contributed by atoms with Crippen LogP contribution >= 0.6 is 12.2 Å². The molecule has 0 unspecified atom stereocenters. The third-order valence-electron chi connectivity index (χ3n) is 3.18. The van der Waals surface area contributed by atoms with Crippen molar-refractivity contribution in [2.45, 2.75) is 39.1 Å². The van der Waals surface area contributed by atoms with E-state index in [1.54, 1.807) is 4.57 Å². The predicted molar refractivity (Wildman–Crippen MR) is 77.8 cm³/mol. The molecule has 1 heterocycles. The van der Waals surface area contributed by atoms with E-state index in [0.717, 1.165) is 12.1 Å². The number of alkyl halides is 3. The highest BCUT2D eigenvalue weighted by atomic mass is 32.1. The quantitative estimate of drug-likeness (QED) is 0.839. The number of fused-ring (bicyclic) bond motifs is 1. The smallest absolute Gasteiger partial charge is 0.374 e. The summed E-state index contributed by atoms with van der Waals surface area (Å²) in [6.07, 6.45) is -4.36. The Balaban J connectivity index is 2.47. The lowest BCUT2D eigenvalue weighted by molar-refractivity contribution is -0.137. The highest BCUT2D eigenvalue weighted by molar-refractivity contribution is 7.71. The fourth-order valence-electron chi connectivity index (χ4n) is 2.31. The maximum atomic E-state index is 12.7. The molecule has 1 aromatic heterocycles. The van der Waals surface area contributed by atoms with Gasteiger partial charge in [-0.3, -0.25) is 0 Å². The van der Waals surface area contributed by atoms with Gasteiger partial charge in [0.2, 0.25) is 0 Å². The van der Waals surface area contributed by atoms with E-state index >= 15 is 0 Å². The Hall–Kier alpha value is -1.34. The highest BCUT2D eigenvalue weighted by Gasteiger charge is 2.31. The van der Waals surface area contributed by atoms with Crippen molar-refractivity contribution in [1.82, 2.24) is 9.55 Å². The van der Waals surface area contributed by atoms with Gasteiger partial charge in [0.1, 0.15) is 0 Å². The summed E-state index contributed by atoms with van der Waals surface area (Å²) in [4.78, 5) is 2.83. The van der Waals surface area contributed by atoms with Gasteiger partial charge in [-0.25, -0.2) is 0 Å². The zero-order chi connectivity index (χ0) is 15.8. The topological polar surface area (TPSA) is 29.9 Å². The van der Waals surface area contributed by atoms with Crippen molar-refractivity contribution < 1.29 is 17.9 Å². The number of hydrogen-bond donors (Lipinski definition) is 1. The summed E-state index contributed by atoms with van der Waals surface area (Å²) in [5.41, 5.74) is -0.129. The van der Waals surface area contributed by atoms with E-state index in [2.05, 4.69) is 4.98 Å². The van der Waals surface area contributed by atoms with Crippen LogP contribution in [0.4, 0.5) is 13.2 Å². The van der Waals surface area contributed by atoms with Crippen LogP contribution in [0.25, 0.3) is 11.0 Å². The van der Waals surface area contributed by atoms with Gasteiger partial charge in [0.15, 0.2) is 4.77 Å². The van der Waals surface area contributed by atoms with Gasteiger partial charge in [-0.2, -0.15) is 13.2 Å². The number of benzene rings is 1. The average Bonchev–Trinajstić information content (AvgIpc) is 2.63. The van der Waals surface area contributed by atoms with Crippen LogP contribution in [0.5, 0.6) is 0 Å². The Morgan fingerprint density at radius 2 is 1.95 bits per heavy atom. The van der Waals surface area contributed by atoms with Gasteiger partial charge in [-0.1, -0.05) is 0 Å². The van der Waals surface area contributed by atoms with Crippen LogP contribution in [0.15, 0.2) is 18.2 Å². The number of aromatic amines is 1. The summed E-state index contributed by atoms with van der Waals surface area (Å²) in [5, 5.41) is 0. The molecule has 0 aliphatic carbocycles. The van der Waals surface area contributed by atoms with Crippen molar-refractivity contribution in [3.63, 3.8) is 0 Å². The number of hydrogen-bond acceptors (Lipinski definition) is 2. The first-order valence-corrected chi connectivity index (χ1v) is 6.98. The van der Waals surface area contributed by atoms with Crippen molar-refractivity contribution in [3.05, 3.63) is 28.5 Å². The van der Waals surface area contributed by atoms with E-state index in [0.29, 0.717) is 29.0 Å². The van der Waals surface area contributed by atoms with Crippen molar-refractivity contribution in [1.29, 1.82) is 0 Å². The summed E-state index contributed by atoms with van der Waals surface area (Å²) in [5.74, 6) is 0. The zero-order valence-corrected chi connectivity index (χ0v) is 12.9. The van der Waals surface area contributed by atoms with Crippen LogP contribution in [-0.4, -0.2) is 21.8 Å². The van der Waals surface area contributed by atoms with Gasteiger partial charge >= 0.3 is 6.18 Å². The van der Waals surface area contributed by atoms with E-state index < -0.39 is 17.3 Å². The van der Waals surface area contributed by atoms with E-state index in [-0.39, 0.29) is 0 Å². The second-order valence-corrected chi connectivity index (χ2v) is 5.83. The van der Waals surface area contributed by atoms with Crippen LogP contribution in [-0.2, 0) is 17.5 Å². The maximum Gasteiger partial charge on any atom is 0.416 e. The van der Waals surface area contributed by atoms with Crippen LogP contribution < -0.4 is 0 Å². The molecule has 0 amide bonds. The standard InChI is InChI=1S/C14H17F3N2OS/c1-4-20-13(2,3)8-19-11-6-5-9(14(15,16)17)7-10(11)18-12(19)21/h5-7H,4,8H2,1-3H3,(H,18,21). The number of halogens is 3. The molecule has 21 heavy (non-hydrogen) atoms. The fraction of sp³-hybridized carbons (Fsp3) is 0.500. The lowest BCUT2D eigenvalue weighted by Crippen LogP contribution is -2.30. The summed E-state index contributed by atoms with van der Waals surface area (Å²) in [7, 11) is 0. The number of H-pyrrole nitrogens is 1. The molecular weight excluding hydrogens is 301 g/mol. The van der Waals surface area contributed by atoms with Gasteiger partial charge < -0.3 is 14.3 Å². The average molecular weight is 318 g/mol. The van der Waals surface area contributed by atoms with Crippen molar-refractivity contribution in [3.8, 4) is 0 Å². The molecule has 0 saturated heterocycles. The molecule has 0 fully saturated rings. The molecule has 1 N–H and O–H groups in total. The first kappa shape index (κ1) is 16.0. The normalized spacial score (nSPS) is 13.0. The van der Waals surface area contributed by atoms with E-state index in [9.17, 15) is 13.2 Å². The fourth-order valence-corrected chi connectivity index (χ4v) is 2.59. The van der Waals surface area contributed by atoms with Crippen LogP contribution in [0.1, 0.15) is 26.3 Å². The number of imidazole rings is 1. The molecule has 2 rings (SSSR count). The molecular formula is C14H17F3N2OS. The second kappa shape index (κ2) is 5.46. The number of rotatable bonds is 4. The molecule has 0 saturated carbocycles. The van der Waals surface area contributed by atoms with Gasteiger partial charge in [0, 0.05) is 6.61 Å². The van der Waals surface area contributed by atoms with E-state index in [4.69, 9.17) is 17.0 Å². The lowest BCUT2D eigenvalue weighted by atomic mass is 10.1. The molecule has 0 spiro atoms. The maximum absolute atomic E-state index is 12.7. The Kier molecular flexibility index (Phi) is 4.17. The molecule has 3 nitrogen and oxygen atoms in total. The predicted octanol–water partition coefficient (Wildman–Crippen LogP) is 4.53. The van der Waals surface area contributed by atoms with Crippen molar-refractivity contribution in [2.24, 2.45) is 0 Å². The van der Waals surface area contributed by atoms with Gasteiger partial charge in [-0.05, 0) is 51.2 Å². The van der Waals surface area contributed by atoms with Crippen LogP contribution in [0.2, 0.25) is 0 Å². The van der Waals surface area contributed by atoms with E-state index in [1.807, 2.05) is 20.8 Å². The third kappa shape index (κ3) is 3.47. The van der Waals surface area contributed by atoms with Gasteiger partial charge in [-0.15, -0.1) is 0 Å². The molecule has 0 bridgehead atoms. The molecule has 0 radical (unpaired) electrons. The minimum Gasteiger partial charge on any atom is -0.374 e. The minimum atomic E-state index is -4.36. The monoisotopic (exact) mass is 318 g/mol. The number of ether oxygens (including phenoxy) is 1.